The number of aromatic nitrogens is 4. The summed E-state index contributed by atoms with van der Waals surface area (Å²) in [6.07, 6.45) is -1.01. The van der Waals surface area contributed by atoms with E-state index in [1.165, 1.54) is 12.4 Å². The Balaban J connectivity index is 1.99. The van der Waals surface area contributed by atoms with Crippen molar-refractivity contribution in [3.05, 3.63) is 59.3 Å². The maximum atomic E-state index is 14.5. The smallest absolute Gasteiger partial charge is 0.421 e. The fraction of sp³-hybridized carbons (Fsp3) is 0.263. The van der Waals surface area contributed by atoms with Gasteiger partial charge in [-0.05, 0) is 25.5 Å². The molecule has 2 heterocycles. The summed E-state index contributed by atoms with van der Waals surface area (Å²) in [5.41, 5.74) is -1.50. The summed E-state index contributed by atoms with van der Waals surface area (Å²) >= 11 is 0. The SMILES string of the molecule is CC(C)Nc1cc(F)c(Oc2ncc(Cn3nccn3)cc2C(F)(F)F)cc1C(=O)O. The molecule has 0 unspecified atom stereocenters. The van der Waals surface area contributed by atoms with Crippen LogP contribution in [-0.2, 0) is 12.7 Å². The Morgan fingerprint density at radius 3 is 2.48 bits per heavy atom. The third kappa shape index (κ3) is 5.27. The number of rotatable bonds is 7. The number of benzene rings is 1. The predicted octanol–water partition coefficient (Wildman–Crippen LogP) is 4.19. The van der Waals surface area contributed by atoms with Gasteiger partial charge >= 0.3 is 12.1 Å². The molecule has 8 nitrogen and oxygen atoms in total. The first kappa shape index (κ1) is 22.0. The first-order valence-electron chi connectivity index (χ1n) is 8.96. The van der Waals surface area contributed by atoms with Crippen molar-refractivity contribution in [1.29, 1.82) is 0 Å². The van der Waals surface area contributed by atoms with E-state index in [0.717, 1.165) is 29.2 Å². The van der Waals surface area contributed by atoms with Gasteiger partial charge in [-0.2, -0.15) is 28.2 Å². The summed E-state index contributed by atoms with van der Waals surface area (Å²) in [4.78, 5) is 16.3. The molecule has 0 aliphatic heterocycles. The molecular weight excluding hydrogens is 422 g/mol. The van der Waals surface area contributed by atoms with Gasteiger partial charge in [-0.1, -0.05) is 0 Å². The fourth-order valence-electron chi connectivity index (χ4n) is 2.70. The minimum absolute atomic E-state index is 0.0292. The number of hydrogen-bond acceptors (Lipinski definition) is 6. The molecule has 0 fully saturated rings. The topological polar surface area (TPSA) is 102 Å². The lowest BCUT2D eigenvalue weighted by Gasteiger charge is -2.17. The number of anilines is 1. The van der Waals surface area contributed by atoms with E-state index >= 15 is 0 Å². The zero-order valence-electron chi connectivity index (χ0n) is 16.3. The number of halogens is 4. The minimum atomic E-state index is -4.86. The molecule has 1 aromatic carbocycles. The molecule has 2 aromatic heterocycles. The van der Waals surface area contributed by atoms with Gasteiger partial charge in [0.2, 0.25) is 5.88 Å². The van der Waals surface area contributed by atoms with Gasteiger partial charge in [-0.15, -0.1) is 0 Å². The van der Waals surface area contributed by atoms with Crippen LogP contribution in [0.5, 0.6) is 11.6 Å². The molecule has 31 heavy (non-hydrogen) atoms. The maximum absolute atomic E-state index is 14.5. The second kappa shape index (κ2) is 8.58. The van der Waals surface area contributed by atoms with E-state index in [1.54, 1.807) is 13.8 Å². The molecule has 0 amide bonds. The van der Waals surface area contributed by atoms with E-state index in [9.17, 15) is 27.5 Å². The van der Waals surface area contributed by atoms with Crippen LogP contribution >= 0.6 is 0 Å². The van der Waals surface area contributed by atoms with Crippen molar-refractivity contribution < 1.29 is 32.2 Å². The average molecular weight is 439 g/mol. The molecule has 2 N–H and O–H groups in total. The third-order valence-electron chi connectivity index (χ3n) is 3.96. The van der Waals surface area contributed by atoms with Crippen LogP contribution in [-0.4, -0.2) is 37.1 Å². The molecule has 12 heteroatoms. The summed E-state index contributed by atoms with van der Waals surface area (Å²) in [5.74, 6) is -4.07. The van der Waals surface area contributed by atoms with Gasteiger partial charge in [-0.3, -0.25) is 0 Å². The second-order valence-electron chi connectivity index (χ2n) is 6.79. The number of hydrogen-bond donors (Lipinski definition) is 2. The summed E-state index contributed by atoms with van der Waals surface area (Å²) in [6.45, 7) is 3.36. The lowest BCUT2D eigenvalue weighted by atomic mass is 10.1. The highest BCUT2D eigenvalue weighted by atomic mass is 19.4. The van der Waals surface area contributed by atoms with Gasteiger partial charge in [0.15, 0.2) is 11.6 Å². The number of carboxylic acids is 1. The van der Waals surface area contributed by atoms with Crippen molar-refractivity contribution in [3.63, 3.8) is 0 Å². The van der Waals surface area contributed by atoms with Gasteiger partial charge in [0, 0.05) is 24.4 Å². The van der Waals surface area contributed by atoms with Crippen molar-refractivity contribution in [2.75, 3.05) is 5.32 Å². The third-order valence-corrected chi connectivity index (χ3v) is 3.96. The van der Waals surface area contributed by atoms with E-state index in [-0.39, 0.29) is 29.4 Å². The molecule has 0 bridgehead atoms. The van der Waals surface area contributed by atoms with Crippen molar-refractivity contribution in [2.24, 2.45) is 0 Å². The zero-order valence-corrected chi connectivity index (χ0v) is 16.3. The minimum Gasteiger partial charge on any atom is -0.478 e. The zero-order chi connectivity index (χ0) is 22.8. The number of nitrogens with zero attached hydrogens (tertiary/aromatic N) is 4. The molecule has 3 aromatic rings. The van der Waals surface area contributed by atoms with Crippen LogP contribution in [0.15, 0.2) is 36.8 Å². The second-order valence-corrected chi connectivity index (χ2v) is 6.79. The normalized spacial score (nSPS) is 11.6. The molecule has 0 saturated carbocycles. The Morgan fingerprint density at radius 1 is 1.23 bits per heavy atom. The molecule has 0 saturated heterocycles. The molecule has 164 valence electrons. The monoisotopic (exact) mass is 439 g/mol. The summed E-state index contributed by atoms with van der Waals surface area (Å²) < 4.78 is 60.3. The van der Waals surface area contributed by atoms with Crippen LogP contribution in [0.4, 0.5) is 23.2 Å². The van der Waals surface area contributed by atoms with Gasteiger partial charge < -0.3 is 15.2 Å². The lowest BCUT2D eigenvalue weighted by Crippen LogP contribution is -2.14. The van der Waals surface area contributed by atoms with Crippen LogP contribution < -0.4 is 10.1 Å². The van der Waals surface area contributed by atoms with E-state index in [2.05, 4.69) is 20.5 Å². The predicted molar refractivity (Wildman–Crippen MR) is 101 cm³/mol. The van der Waals surface area contributed by atoms with Crippen molar-refractivity contribution >= 4 is 11.7 Å². The van der Waals surface area contributed by atoms with Crippen LogP contribution in [0.3, 0.4) is 0 Å². The van der Waals surface area contributed by atoms with Crippen LogP contribution in [0.1, 0.15) is 35.3 Å². The summed E-state index contributed by atoms with van der Waals surface area (Å²) in [7, 11) is 0. The molecule has 0 aliphatic rings. The van der Waals surface area contributed by atoms with E-state index in [1.807, 2.05) is 0 Å². The first-order valence-corrected chi connectivity index (χ1v) is 8.96. The lowest BCUT2D eigenvalue weighted by molar-refractivity contribution is -0.139. The Labute approximate surface area is 173 Å². The molecule has 0 radical (unpaired) electrons. The van der Waals surface area contributed by atoms with Crippen molar-refractivity contribution in [2.45, 2.75) is 32.6 Å². The largest absolute Gasteiger partial charge is 0.478 e. The van der Waals surface area contributed by atoms with Crippen LogP contribution in [0.25, 0.3) is 0 Å². The van der Waals surface area contributed by atoms with Crippen molar-refractivity contribution in [3.8, 4) is 11.6 Å². The number of carboxylic acid groups (broad SMARTS) is 1. The Hall–Kier alpha value is -3.70. The Kier molecular flexibility index (Phi) is 6.09. The summed E-state index contributed by atoms with van der Waals surface area (Å²) in [5, 5.41) is 19.8. The van der Waals surface area contributed by atoms with E-state index in [4.69, 9.17) is 4.74 Å². The van der Waals surface area contributed by atoms with Gasteiger partial charge in [0.25, 0.3) is 0 Å². The molecule has 0 aliphatic carbocycles. The Morgan fingerprint density at radius 2 is 1.90 bits per heavy atom. The average Bonchev–Trinajstić information content (AvgIpc) is 3.16. The highest BCUT2D eigenvalue weighted by molar-refractivity contribution is 5.94. The number of carbonyl (C=O) groups is 1. The standard InChI is InChI=1S/C19H17F4N5O3/c1-10(2)27-15-7-14(20)16(6-12(15)18(29)30)31-17-13(19(21,22)23)5-11(8-24-17)9-28-25-3-4-26-28/h3-8,10,27H,9H2,1-2H3,(H,29,30). The molecule has 0 atom stereocenters. The summed E-state index contributed by atoms with van der Waals surface area (Å²) in [6, 6.07) is 2.24. The quantitative estimate of drug-likeness (QED) is 0.532. The highest BCUT2D eigenvalue weighted by Crippen LogP contribution is 2.38. The molecule has 0 spiro atoms. The molecular formula is C19H17F4N5O3. The van der Waals surface area contributed by atoms with Gasteiger partial charge in [-0.25, -0.2) is 14.2 Å². The number of nitrogens with one attached hydrogen (secondary N) is 1. The van der Waals surface area contributed by atoms with E-state index in [0.29, 0.717) is 0 Å². The highest BCUT2D eigenvalue weighted by Gasteiger charge is 2.36. The van der Waals surface area contributed by atoms with Gasteiger partial charge in [0.1, 0.15) is 5.56 Å². The first-order chi connectivity index (χ1) is 14.5. The number of aromatic carboxylic acids is 1. The number of pyridine rings is 1. The number of ether oxygens (including phenoxy) is 1. The number of alkyl halides is 3. The van der Waals surface area contributed by atoms with Crippen molar-refractivity contribution in [1.82, 2.24) is 20.0 Å². The fourth-order valence-corrected chi connectivity index (χ4v) is 2.70. The van der Waals surface area contributed by atoms with E-state index < -0.39 is 35.2 Å². The van der Waals surface area contributed by atoms with Crippen LogP contribution in [0.2, 0.25) is 0 Å². The Bertz CT molecular complexity index is 1080. The van der Waals surface area contributed by atoms with Gasteiger partial charge in [0.05, 0.1) is 30.2 Å². The van der Waals surface area contributed by atoms with Crippen LogP contribution in [0, 0.1) is 5.82 Å². The maximum Gasteiger partial charge on any atom is 0.421 e. The molecule has 3 rings (SSSR count).